The molecule has 5 rings (SSSR count). The standard InChI is InChI=1S/C24H19F3N4O2/c1-12-7-17-19(11-18-20(21(17)32-12)22(28)31-23(29)30-18)33-16-9-14(13-5-3-2-4-6-13)8-15(10-16)24(25,26)27/h2-6,8-12H,7H2,1H3,(H4,28,29,30,31). The van der Waals surface area contributed by atoms with E-state index >= 15 is 0 Å². The molecular weight excluding hydrogens is 433 g/mol. The van der Waals surface area contributed by atoms with Crippen LogP contribution >= 0.6 is 0 Å². The Hall–Kier alpha value is -4.01. The van der Waals surface area contributed by atoms with Gasteiger partial charge in [0.2, 0.25) is 5.95 Å². The Kier molecular flexibility index (Phi) is 4.77. The van der Waals surface area contributed by atoms with Gasteiger partial charge in [-0.2, -0.15) is 18.2 Å². The highest BCUT2D eigenvalue weighted by Gasteiger charge is 2.32. The van der Waals surface area contributed by atoms with Gasteiger partial charge in [-0.1, -0.05) is 30.3 Å². The average molecular weight is 452 g/mol. The monoisotopic (exact) mass is 452 g/mol. The minimum absolute atomic E-state index is 0.0256. The molecule has 1 aliphatic heterocycles. The number of fused-ring (bicyclic) bond motifs is 3. The molecular formula is C24H19F3N4O2. The predicted octanol–water partition coefficient (Wildman–Crippen LogP) is 5.60. The van der Waals surface area contributed by atoms with Gasteiger partial charge in [-0.15, -0.1) is 0 Å². The summed E-state index contributed by atoms with van der Waals surface area (Å²) in [4.78, 5) is 8.21. The first kappa shape index (κ1) is 20.9. The summed E-state index contributed by atoms with van der Waals surface area (Å²) in [6.45, 7) is 1.88. The second-order valence-corrected chi connectivity index (χ2v) is 7.89. The summed E-state index contributed by atoms with van der Waals surface area (Å²) in [5, 5.41) is 0.505. The van der Waals surface area contributed by atoms with Crippen LogP contribution in [0.15, 0.2) is 54.6 Å². The van der Waals surface area contributed by atoms with E-state index in [-0.39, 0.29) is 23.6 Å². The van der Waals surface area contributed by atoms with Crippen LogP contribution in [0, 0.1) is 0 Å². The van der Waals surface area contributed by atoms with Crippen LogP contribution < -0.4 is 20.9 Å². The fourth-order valence-electron chi connectivity index (χ4n) is 4.02. The lowest BCUT2D eigenvalue weighted by molar-refractivity contribution is -0.137. The molecule has 9 heteroatoms. The maximum Gasteiger partial charge on any atom is 0.416 e. The molecule has 0 spiro atoms. The van der Waals surface area contributed by atoms with Gasteiger partial charge in [-0.05, 0) is 36.2 Å². The molecule has 1 aromatic heterocycles. The molecule has 4 aromatic rings. The first-order valence-electron chi connectivity index (χ1n) is 10.2. The number of hydrogen-bond acceptors (Lipinski definition) is 6. The zero-order valence-corrected chi connectivity index (χ0v) is 17.5. The van der Waals surface area contributed by atoms with Gasteiger partial charge in [0.15, 0.2) is 0 Å². The SMILES string of the molecule is CC1Cc2c(Oc3cc(-c4ccccc4)cc(C(F)(F)F)c3)cc3nc(N)nc(N)c3c2O1. The summed E-state index contributed by atoms with van der Waals surface area (Å²) in [6.07, 6.45) is -4.22. The van der Waals surface area contributed by atoms with Crippen LogP contribution in [0.3, 0.4) is 0 Å². The molecule has 33 heavy (non-hydrogen) atoms. The Morgan fingerprint density at radius 3 is 2.48 bits per heavy atom. The topological polar surface area (TPSA) is 96.3 Å². The van der Waals surface area contributed by atoms with Crippen molar-refractivity contribution in [3.05, 3.63) is 65.7 Å². The van der Waals surface area contributed by atoms with Gasteiger partial charge < -0.3 is 20.9 Å². The molecule has 0 radical (unpaired) electrons. The van der Waals surface area contributed by atoms with Crippen molar-refractivity contribution in [1.82, 2.24) is 9.97 Å². The van der Waals surface area contributed by atoms with Crippen molar-refractivity contribution < 1.29 is 22.6 Å². The highest BCUT2D eigenvalue weighted by molar-refractivity contribution is 5.97. The van der Waals surface area contributed by atoms with Gasteiger partial charge in [0.25, 0.3) is 0 Å². The third-order valence-electron chi connectivity index (χ3n) is 5.43. The molecule has 1 atom stereocenters. The summed E-state index contributed by atoms with van der Waals surface area (Å²) < 4.78 is 52.9. The Balaban J connectivity index is 1.67. The Morgan fingerprint density at radius 1 is 1.00 bits per heavy atom. The third-order valence-corrected chi connectivity index (χ3v) is 5.43. The molecule has 4 N–H and O–H groups in total. The fourth-order valence-corrected chi connectivity index (χ4v) is 4.02. The number of benzene rings is 3. The first-order valence-corrected chi connectivity index (χ1v) is 10.2. The number of rotatable bonds is 3. The van der Waals surface area contributed by atoms with Crippen molar-refractivity contribution >= 4 is 22.7 Å². The number of ether oxygens (including phenoxy) is 2. The van der Waals surface area contributed by atoms with E-state index in [1.807, 2.05) is 6.92 Å². The van der Waals surface area contributed by atoms with E-state index in [4.69, 9.17) is 20.9 Å². The Morgan fingerprint density at radius 2 is 1.76 bits per heavy atom. The van der Waals surface area contributed by atoms with Crippen LogP contribution in [0.4, 0.5) is 24.9 Å². The number of aromatic nitrogens is 2. The highest BCUT2D eigenvalue weighted by Crippen LogP contribution is 2.46. The van der Waals surface area contributed by atoms with Gasteiger partial charge in [0.05, 0.1) is 16.5 Å². The van der Waals surface area contributed by atoms with Crippen molar-refractivity contribution in [2.45, 2.75) is 25.6 Å². The van der Waals surface area contributed by atoms with E-state index in [1.165, 1.54) is 0 Å². The van der Waals surface area contributed by atoms with E-state index in [0.29, 0.717) is 45.5 Å². The zero-order valence-electron chi connectivity index (χ0n) is 17.5. The second kappa shape index (κ2) is 7.54. The van der Waals surface area contributed by atoms with Gasteiger partial charge in [0, 0.05) is 18.1 Å². The van der Waals surface area contributed by atoms with Crippen LogP contribution in [0.25, 0.3) is 22.0 Å². The van der Waals surface area contributed by atoms with Gasteiger partial charge in [-0.25, -0.2) is 4.98 Å². The normalized spacial score (nSPS) is 15.3. The van der Waals surface area contributed by atoms with Crippen molar-refractivity contribution in [1.29, 1.82) is 0 Å². The fraction of sp³-hybridized carbons (Fsp3) is 0.167. The summed E-state index contributed by atoms with van der Waals surface area (Å²) in [5.41, 5.74) is 13.1. The molecule has 1 unspecified atom stereocenters. The van der Waals surface area contributed by atoms with Crippen LogP contribution in [-0.2, 0) is 12.6 Å². The number of nitrogen functional groups attached to an aromatic ring is 2. The summed E-state index contributed by atoms with van der Waals surface area (Å²) in [5.74, 6) is 0.974. The zero-order chi connectivity index (χ0) is 23.3. The number of nitrogens with two attached hydrogens (primary N) is 2. The first-order chi connectivity index (χ1) is 15.7. The molecule has 3 aromatic carbocycles. The smallest absolute Gasteiger partial charge is 0.416 e. The maximum atomic E-state index is 13.7. The molecule has 0 amide bonds. The quantitative estimate of drug-likeness (QED) is 0.420. The predicted molar refractivity (Wildman–Crippen MR) is 119 cm³/mol. The molecule has 168 valence electrons. The van der Waals surface area contributed by atoms with Crippen molar-refractivity contribution in [3.63, 3.8) is 0 Å². The minimum atomic E-state index is -4.54. The molecule has 6 nitrogen and oxygen atoms in total. The van der Waals surface area contributed by atoms with E-state index in [0.717, 1.165) is 12.1 Å². The molecule has 0 bridgehead atoms. The number of hydrogen-bond donors (Lipinski definition) is 2. The summed E-state index contributed by atoms with van der Waals surface area (Å²) in [7, 11) is 0. The molecule has 0 saturated heterocycles. The number of nitrogens with zero attached hydrogens (tertiary/aromatic N) is 2. The molecule has 0 saturated carbocycles. The number of anilines is 2. The van der Waals surface area contributed by atoms with Crippen LogP contribution in [-0.4, -0.2) is 16.1 Å². The van der Waals surface area contributed by atoms with Crippen LogP contribution in [0.2, 0.25) is 0 Å². The molecule has 2 heterocycles. The van der Waals surface area contributed by atoms with Gasteiger partial charge in [-0.3, -0.25) is 0 Å². The van der Waals surface area contributed by atoms with Crippen LogP contribution in [0.5, 0.6) is 17.2 Å². The van der Waals surface area contributed by atoms with E-state index in [1.54, 1.807) is 42.5 Å². The summed E-state index contributed by atoms with van der Waals surface area (Å²) >= 11 is 0. The van der Waals surface area contributed by atoms with E-state index in [9.17, 15) is 13.2 Å². The molecule has 0 fully saturated rings. The lowest BCUT2D eigenvalue weighted by Gasteiger charge is -2.16. The third kappa shape index (κ3) is 3.86. The maximum absolute atomic E-state index is 13.7. The minimum Gasteiger partial charge on any atom is -0.489 e. The van der Waals surface area contributed by atoms with E-state index < -0.39 is 11.7 Å². The van der Waals surface area contributed by atoms with Crippen molar-refractivity contribution in [2.24, 2.45) is 0 Å². The van der Waals surface area contributed by atoms with Crippen molar-refractivity contribution in [3.8, 4) is 28.4 Å². The Bertz CT molecular complexity index is 1370. The Labute approximate surface area is 187 Å². The largest absolute Gasteiger partial charge is 0.489 e. The highest BCUT2D eigenvalue weighted by atomic mass is 19.4. The number of alkyl halides is 3. The average Bonchev–Trinajstić information content (AvgIpc) is 3.14. The van der Waals surface area contributed by atoms with Gasteiger partial charge in [0.1, 0.15) is 29.2 Å². The lowest BCUT2D eigenvalue weighted by atomic mass is 10.0. The van der Waals surface area contributed by atoms with Crippen molar-refractivity contribution in [2.75, 3.05) is 11.5 Å². The van der Waals surface area contributed by atoms with Gasteiger partial charge >= 0.3 is 6.18 Å². The second-order valence-electron chi connectivity index (χ2n) is 7.89. The lowest BCUT2D eigenvalue weighted by Crippen LogP contribution is -2.06. The molecule has 1 aliphatic rings. The number of halogens is 3. The molecule has 0 aliphatic carbocycles. The summed E-state index contributed by atoms with van der Waals surface area (Å²) in [6, 6.07) is 14.1. The van der Waals surface area contributed by atoms with E-state index in [2.05, 4.69) is 9.97 Å². The van der Waals surface area contributed by atoms with Crippen LogP contribution in [0.1, 0.15) is 18.1 Å².